The molecule has 0 unspecified atom stereocenters. The molecule has 1 aliphatic rings. The van der Waals surface area contributed by atoms with E-state index in [2.05, 4.69) is 0 Å². The van der Waals surface area contributed by atoms with Gasteiger partial charge in [-0.2, -0.15) is 0 Å². The fraction of sp³-hybridized carbons (Fsp3) is 0.286. The molecule has 0 saturated heterocycles. The van der Waals surface area contributed by atoms with Gasteiger partial charge in [-0.15, -0.1) is 0 Å². The summed E-state index contributed by atoms with van der Waals surface area (Å²) in [6, 6.07) is 14.9. The quantitative estimate of drug-likeness (QED) is 0.778. The van der Waals surface area contributed by atoms with E-state index in [0.717, 1.165) is 11.1 Å². The molecule has 134 valence electrons. The molecule has 26 heavy (non-hydrogen) atoms. The molecule has 1 heterocycles. The van der Waals surface area contributed by atoms with Crippen molar-refractivity contribution < 1.29 is 14.4 Å². The molecule has 5 heteroatoms. The number of nitrogens with zero attached hydrogens (tertiary/aromatic N) is 2. The first-order chi connectivity index (χ1) is 12.4. The Labute approximate surface area is 153 Å². The van der Waals surface area contributed by atoms with Gasteiger partial charge >= 0.3 is 0 Å². The second-order valence-corrected chi connectivity index (χ2v) is 6.65. The first-order valence-electron chi connectivity index (χ1n) is 8.67. The predicted octanol–water partition coefficient (Wildman–Crippen LogP) is 3.20. The third kappa shape index (κ3) is 3.25. The molecule has 0 aliphatic carbocycles. The summed E-state index contributed by atoms with van der Waals surface area (Å²) in [6.07, 6.45) is 0.109. The third-order valence-electron chi connectivity index (χ3n) is 4.93. The summed E-state index contributed by atoms with van der Waals surface area (Å²) in [7, 11) is 1.74. The van der Waals surface area contributed by atoms with Crippen LogP contribution in [0.1, 0.15) is 51.2 Å². The number of carbonyl (C=O) groups excluding carboxylic acids is 3. The van der Waals surface area contributed by atoms with E-state index in [-0.39, 0.29) is 36.7 Å². The van der Waals surface area contributed by atoms with Crippen LogP contribution in [0.2, 0.25) is 0 Å². The summed E-state index contributed by atoms with van der Waals surface area (Å²) in [4.78, 5) is 40.3. The van der Waals surface area contributed by atoms with Gasteiger partial charge in [0.2, 0.25) is 5.91 Å². The van der Waals surface area contributed by atoms with Crippen LogP contribution in [0.3, 0.4) is 0 Å². The van der Waals surface area contributed by atoms with E-state index >= 15 is 0 Å². The molecular formula is C21H22N2O3. The van der Waals surface area contributed by atoms with Gasteiger partial charge in [-0.3, -0.25) is 19.3 Å². The lowest BCUT2D eigenvalue weighted by atomic mass is 10.1. The van der Waals surface area contributed by atoms with Gasteiger partial charge in [0, 0.05) is 20.0 Å². The SMILES string of the molecule is Cc1ccc2c(c1)C(=O)N(CCC(=O)N(C)[C@H](C)c1ccccc1)C2=O. The highest BCUT2D eigenvalue weighted by Crippen LogP contribution is 2.24. The molecule has 0 spiro atoms. The average molecular weight is 350 g/mol. The Hall–Kier alpha value is -2.95. The van der Waals surface area contributed by atoms with E-state index in [1.165, 1.54) is 4.90 Å². The molecule has 0 aromatic heterocycles. The molecule has 2 aromatic carbocycles. The standard InChI is InChI=1S/C21H22N2O3/c1-14-9-10-17-18(13-14)21(26)23(20(17)25)12-11-19(24)22(3)15(2)16-7-5-4-6-8-16/h4-10,13,15H,11-12H2,1-3H3/t15-/m1/s1. The number of amides is 3. The van der Waals surface area contributed by atoms with Crippen LogP contribution in [0.25, 0.3) is 0 Å². The van der Waals surface area contributed by atoms with Crippen molar-refractivity contribution in [3.8, 4) is 0 Å². The number of aryl methyl sites for hydroxylation is 1. The van der Waals surface area contributed by atoms with Crippen LogP contribution in [0, 0.1) is 6.92 Å². The van der Waals surface area contributed by atoms with E-state index in [9.17, 15) is 14.4 Å². The highest BCUT2D eigenvalue weighted by atomic mass is 16.2. The van der Waals surface area contributed by atoms with Crippen LogP contribution in [0.4, 0.5) is 0 Å². The van der Waals surface area contributed by atoms with Crippen molar-refractivity contribution >= 4 is 17.7 Å². The Kier molecular flexibility index (Phi) is 4.89. The minimum absolute atomic E-state index is 0.0754. The van der Waals surface area contributed by atoms with Crippen molar-refractivity contribution in [1.82, 2.24) is 9.80 Å². The molecule has 0 fully saturated rings. The second-order valence-electron chi connectivity index (χ2n) is 6.65. The normalized spacial score (nSPS) is 14.3. The first-order valence-corrected chi connectivity index (χ1v) is 8.67. The van der Waals surface area contributed by atoms with Gasteiger partial charge < -0.3 is 4.90 Å². The van der Waals surface area contributed by atoms with Crippen molar-refractivity contribution in [3.63, 3.8) is 0 Å². The van der Waals surface area contributed by atoms with Crippen molar-refractivity contribution in [2.45, 2.75) is 26.3 Å². The number of imide groups is 1. The maximum absolute atomic E-state index is 12.5. The second kappa shape index (κ2) is 7.12. The Bertz CT molecular complexity index is 861. The zero-order valence-corrected chi connectivity index (χ0v) is 15.2. The Morgan fingerprint density at radius 2 is 1.69 bits per heavy atom. The predicted molar refractivity (Wildman–Crippen MR) is 98.8 cm³/mol. The molecular weight excluding hydrogens is 328 g/mol. The largest absolute Gasteiger partial charge is 0.339 e. The summed E-state index contributed by atoms with van der Waals surface area (Å²) in [5.41, 5.74) is 2.81. The number of benzene rings is 2. The summed E-state index contributed by atoms with van der Waals surface area (Å²) in [5.74, 6) is -0.745. The van der Waals surface area contributed by atoms with Crippen molar-refractivity contribution in [3.05, 3.63) is 70.8 Å². The first kappa shape index (κ1) is 17.9. The van der Waals surface area contributed by atoms with E-state index in [0.29, 0.717) is 11.1 Å². The molecule has 0 radical (unpaired) electrons. The number of carbonyl (C=O) groups is 3. The smallest absolute Gasteiger partial charge is 0.261 e. The lowest BCUT2D eigenvalue weighted by Crippen LogP contribution is -2.36. The van der Waals surface area contributed by atoms with Crippen LogP contribution < -0.4 is 0 Å². The molecule has 0 bridgehead atoms. The van der Waals surface area contributed by atoms with Gasteiger partial charge in [-0.1, -0.05) is 42.0 Å². The molecule has 5 nitrogen and oxygen atoms in total. The van der Waals surface area contributed by atoms with Gasteiger partial charge in [-0.05, 0) is 31.5 Å². The average Bonchev–Trinajstić information content (AvgIpc) is 2.89. The fourth-order valence-corrected chi connectivity index (χ4v) is 3.16. The molecule has 0 saturated carbocycles. The molecule has 1 aliphatic heterocycles. The third-order valence-corrected chi connectivity index (χ3v) is 4.93. The molecule has 3 amide bonds. The van der Waals surface area contributed by atoms with Gasteiger partial charge in [-0.25, -0.2) is 0 Å². The Morgan fingerprint density at radius 3 is 2.38 bits per heavy atom. The number of rotatable bonds is 5. The van der Waals surface area contributed by atoms with Crippen LogP contribution in [-0.2, 0) is 4.79 Å². The van der Waals surface area contributed by atoms with E-state index in [4.69, 9.17) is 0 Å². The highest BCUT2D eigenvalue weighted by Gasteiger charge is 2.35. The Balaban J connectivity index is 1.65. The van der Waals surface area contributed by atoms with E-state index in [1.807, 2.05) is 50.2 Å². The fourth-order valence-electron chi connectivity index (χ4n) is 3.16. The molecule has 0 N–H and O–H groups in total. The lowest BCUT2D eigenvalue weighted by Gasteiger charge is -2.26. The number of fused-ring (bicyclic) bond motifs is 1. The maximum atomic E-state index is 12.5. The summed E-state index contributed by atoms with van der Waals surface area (Å²) >= 11 is 0. The number of hydrogen-bond donors (Lipinski definition) is 0. The topological polar surface area (TPSA) is 57.7 Å². The van der Waals surface area contributed by atoms with Crippen LogP contribution >= 0.6 is 0 Å². The van der Waals surface area contributed by atoms with E-state index in [1.54, 1.807) is 24.1 Å². The van der Waals surface area contributed by atoms with Gasteiger partial charge in [0.05, 0.1) is 17.2 Å². The molecule has 2 aromatic rings. The minimum atomic E-state index is -0.323. The van der Waals surface area contributed by atoms with Crippen molar-refractivity contribution in [2.24, 2.45) is 0 Å². The summed E-state index contributed by atoms with van der Waals surface area (Å²) in [6.45, 7) is 3.93. The summed E-state index contributed by atoms with van der Waals surface area (Å²) in [5, 5.41) is 0. The van der Waals surface area contributed by atoms with Crippen LogP contribution in [-0.4, -0.2) is 41.1 Å². The zero-order valence-electron chi connectivity index (χ0n) is 15.2. The number of hydrogen-bond acceptors (Lipinski definition) is 3. The van der Waals surface area contributed by atoms with Gasteiger partial charge in [0.15, 0.2) is 0 Å². The van der Waals surface area contributed by atoms with Gasteiger partial charge in [0.25, 0.3) is 11.8 Å². The van der Waals surface area contributed by atoms with Crippen LogP contribution in [0.15, 0.2) is 48.5 Å². The van der Waals surface area contributed by atoms with E-state index < -0.39 is 0 Å². The molecule has 1 atom stereocenters. The van der Waals surface area contributed by atoms with Crippen LogP contribution in [0.5, 0.6) is 0 Å². The highest BCUT2D eigenvalue weighted by molar-refractivity contribution is 6.21. The monoisotopic (exact) mass is 350 g/mol. The lowest BCUT2D eigenvalue weighted by molar-refractivity contribution is -0.131. The van der Waals surface area contributed by atoms with Gasteiger partial charge in [0.1, 0.15) is 0 Å². The maximum Gasteiger partial charge on any atom is 0.261 e. The minimum Gasteiger partial charge on any atom is -0.339 e. The summed E-state index contributed by atoms with van der Waals surface area (Å²) < 4.78 is 0. The zero-order chi connectivity index (χ0) is 18.8. The van der Waals surface area contributed by atoms with Crippen molar-refractivity contribution in [1.29, 1.82) is 0 Å². The Morgan fingerprint density at radius 1 is 1.04 bits per heavy atom. The molecule has 3 rings (SSSR count). The van der Waals surface area contributed by atoms with Crippen molar-refractivity contribution in [2.75, 3.05) is 13.6 Å².